The Morgan fingerprint density at radius 1 is 0.625 bits per heavy atom. The van der Waals surface area contributed by atoms with Gasteiger partial charge in [-0.3, -0.25) is 0 Å². The number of ether oxygens (including phenoxy) is 4. The number of amides is 1. The van der Waals surface area contributed by atoms with Gasteiger partial charge in [-0.15, -0.1) is 0 Å². The van der Waals surface area contributed by atoms with Gasteiger partial charge in [0.25, 0.3) is 0 Å². The molecule has 2 rings (SSSR count). The van der Waals surface area contributed by atoms with Gasteiger partial charge in [-0.05, 0) is 87.3 Å². The van der Waals surface area contributed by atoms with E-state index in [1.54, 1.807) is 93.5 Å². The second-order valence-electron chi connectivity index (χ2n) is 13.7. The average molecular weight is 717 g/mol. The van der Waals surface area contributed by atoms with Gasteiger partial charge >= 0.3 is 18.4 Å². The summed E-state index contributed by atoms with van der Waals surface area (Å²) in [5.74, 6) is 0. The van der Waals surface area contributed by atoms with E-state index in [1.807, 2.05) is 43.3 Å². The molecule has 0 aromatic heterocycles. The van der Waals surface area contributed by atoms with Crippen molar-refractivity contribution < 1.29 is 50.2 Å². The van der Waals surface area contributed by atoms with Gasteiger partial charge in [0.2, 0.25) is 20.0 Å². The van der Waals surface area contributed by atoms with Crippen LogP contribution in [0.15, 0.2) is 60.7 Å². The van der Waals surface area contributed by atoms with Crippen LogP contribution in [0.1, 0.15) is 99.4 Å². The van der Waals surface area contributed by atoms with E-state index in [1.165, 1.54) is 0 Å². The van der Waals surface area contributed by atoms with Crippen molar-refractivity contribution in [3.8, 4) is 0 Å². The first-order valence-electron chi connectivity index (χ1n) is 14.9. The Morgan fingerprint density at radius 3 is 1.29 bits per heavy atom. The number of sulfonamides is 2. The number of carbonyl (C=O) groups excluding carboxylic acids is 3. The fraction of sp³-hybridized carbons (Fsp3) is 0.545. The largest absolute Gasteiger partial charge is 0.519 e. The number of hydrogen-bond acceptors (Lipinski definition) is 11. The Labute approximate surface area is 286 Å². The zero-order valence-corrected chi connectivity index (χ0v) is 31.8. The minimum Gasteiger partial charge on any atom is -0.443 e. The van der Waals surface area contributed by atoms with Gasteiger partial charge in [0.1, 0.15) is 16.8 Å². The Hall–Kier alpha value is -3.69. The van der Waals surface area contributed by atoms with Crippen molar-refractivity contribution in [1.82, 2.24) is 9.03 Å². The molecule has 272 valence electrons. The van der Waals surface area contributed by atoms with Crippen LogP contribution in [-0.2, 0) is 39.0 Å². The third-order valence-corrected chi connectivity index (χ3v) is 7.16. The molecular weight excluding hydrogens is 665 g/mol. The highest BCUT2D eigenvalue weighted by atomic mass is 32.2. The van der Waals surface area contributed by atoms with Crippen molar-refractivity contribution in [1.29, 1.82) is 0 Å². The quantitative estimate of drug-likeness (QED) is 0.183. The number of benzene rings is 2. The zero-order chi connectivity index (χ0) is 37.7. The summed E-state index contributed by atoms with van der Waals surface area (Å²) in [4.78, 5) is 34.2. The summed E-state index contributed by atoms with van der Waals surface area (Å²) in [6.07, 6.45) is -0.826. The molecule has 0 unspecified atom stereocenters. The highest BCUT2D eigenvalue weighted by Crippen LogP contribution is 2.25. The summed E-state index contributed by atoms with van der Waals surface area (Å²) in [6.45, 7) is 18.6. The molecule has 0 aliphatic rings. The molecule has 0 bridgehead atoms. The fourth-order valence-electron chi connectivity index (χ4n) is 3.50. The summed E-state index contributed by atoms with van der Waals surface area (Å²) >= 11 is 0. The third kappa shape index (κ3) is 21.2. The van der Waals surface area contributed by atoms with Gasteiger partial charge in [0, 0.05) is 6.04 Å². The van der Waals surface area contributed by atoms with Gasteiger partial charge in [0.05, 0.1) is 18.6 Å². The zero-order valence-electron chi connectivity index (χ0n) is 30.2. The first-order valence-corrected chi connectivity index (χ1v) is 18.7. The molecule has 0 radical (unpaired) electrons. The Morgan fingerprint density at radius 2 is 0.979 bits per heavy atom. The molecular formula is C33H52N2O11S2. The lowest BCUT2D eigenvalue weighted by Gasteiger charge is -2.30. The molecule has 2 atom stereocenters. The lowest BCUT2D eigenvalue weighted by Crippen LogP contribution is -2.41. The number of carbonyl (C=O) groups is 3. The van der Waals surface area contributed by atoms with Crippen LogP contribution in [0.3, 0.4) is 0 Å². The number of nitrogens with one attached hydrogen (secondary N) is 1. The van der Waals surface area contributed by atoms with Crippen LogP contribution in [-0.4, -0.2) is 68.9 Å². The van der Waals surface area contributed by atoms with E-state index in [2.05, 4.69) is 9.46 Å². The van der Waals surface area contributed by atoms with E-state index < -0.39 is 61.3 Å². The maximum atomic E-state index is 12.1. The van der Waals surface area contributed by atoms with Crippen molar-refractivity contribution in [2.45, 2.75) is 105 Å². The summed E-state index contributed by atoms with van der Waals surface area (Å²) in [7, 11) is -6.85. The van der Waals surface area contributed by atoms with Gasteiger partial charge in [-0.1, -0.05) is 60.7 Å². The molecule has 0 saturated carbocycles. The van der Waals surface area contributed by atoms with Crippen LogP contribution in [0.4, 0.5) is 14.4 Å². The lowest BCUT2D eigenvalue weighted by atomic mass is 10.1. The Balaban J connectivity index is 0.000000710. The second kappa shape index (κ2) is 18.2. The van der Waals surface area contributed by atoms with Gasteiger partial charge in [-0.25, -0.2) is 35.9 Å². The maximum Gasteiger partial charge on any atom is 0.519 e. The topological polar surface area (TPSA) is 172 Å². The van der Waals surface area contributed by atoms with Crippen LogP contribution in [0.5, 0.6) is 0 Å². The smallest absolute Gasteiger partial charge is 0.443 e. The number of nitrogens with zero attached hydrogens (tertiary/aromatic N) is 1. The van der Waals surface area contributed by atoms with Crippen LogP contribution in [0.25, 0.3) is 0 Å². The predicted molar refractivity (Wildman–Crippen MR) is 184 cm³/mol. The van der Waals surface area contributed by atoms with Gasteiger partial charge in [-0.2, -0.15) is 4.31 Å². The van der Waals surface area contributed by atoms with Crippen molar-refractivity contribution in [2.75, 3.05) is 12.5 Å². The van der Waals surface area contributed by atoms with Crippen LogP contribution < -0.4 is 4.72 Å². The number of hydrogen-bond donors (Lipinski definition) is 1. The summed E-state index contributed by atoms with van der Waals surface area (Å²) < 4.78 is 67.9. The number of rotatable bonds is 6. The van der Waals surface area contributed by atoms with Crippen LogP contribution in [0.2, 0.25) is 0 Å². The molecule has 0 fully saturated rings. The van der Waals surface area contributed by atoms with E-state index in [0.717, 1.165) is 27.9 Å². The van der Waals surface area contributed by atoms with Crippen molar-refractivity contribution >= 4 is 38.5 Å². The van der Waals surface area contributed by atoms with E-state index >= 15 is 0 Å². The minimum atomic E-state index is -3.73. The molecule has 13 nitrogen and oxygen atoms in total. The first-order chi connectivity index (χ1) is 21.5. The van der Waals surface area contributed by atoms with Crippen molar-refractivity contribution in [2.24, 2.45) is 0 Å². The highest BCUT2D eigenvalue weighted by molar-refractivity contribution is 7.89. The average Bonchev–Trinajstić information content (AvgIpc) is 2.85. The van der Waals surface area contributed by atoms with E-state index in [-0.39, 0.29) is 6.04 Å². The SMILES string of the molecule is CC(C)(C)OC(=O)OC(=O)OC(C)(C)C.C[C@@H](NS(C)(=O)=O)c1ccccc1.C[C@H](c1ccccc1)N(C(=O)OC(C)(C)C)S(C)(=O)=O. The fourth-order valence-corrected chi connectivity index (χ4v) is 5.28. The van der Waals surface area contributed by atoms with Crippen molar-refractivity contribution in [3.05, 3.63) is 71.8 Å². The van der Waals surface area contributed by atoms with Crippen LogP contribution >= 0.6 is 0 Å². The maximum absolute atomic E-state index is 12.1. The monoisotopic (exact) mass is 716 g/mol. The molecule has 0 aliphatic carbocycles. The molecule has 0 heterocycles. The normalized spacial score (nSPS) is 13.2. The Bertz CT molecular complexity index is 1500. The molecule has 2 aromatic rings. The standard InChI is InChI=1S/C14H21NO4S.C10H18O5.C9H13NO2S/c1-11(12-9-7-6-8-10-12)15(20(5,17)18)13(16)19-14(2,3)4;1-9(2,3)14-7(11)13-8(12)15-10(4,5)6;1-8(10-13(2,11)12)9-6-4-3-5-7-9/h6-11H,1-5H3;1-6H3;3-8,10H,1-2H3/t11-;;8-/m1.1/s1. The molecule has 1 N–H and O–H groups in total. The van der Waals surface area contributed by atoms with Gasteiger partial charge in [0.15, 0.2) is 0 Å². The molecule has 0 saturated heterocycles. The van der Waals surface area contributed by atoms with Crippen LogP contribution in [0, 0.1) is 0 Å². The highest BCUT2D eigenvalue weighted by Gasteiger charge is 2.33. The molecule has 48 heavy (non-hydrogen) atoms. The molecule has 15 heteroatoms. The molecule has 1 amide bonds. The summed E-state index contributed by atoms with van der Waals surface area (Å²) in [5, 5.41) is 0. The minimum absolute atomic E-state index is 0.170. The van der Waals surface area contributed by atoms with E-state index in [0.29, 0.717) is 0 Å². The van der Waals surface area contributed by atoms with Gasteiger partial charge < -0.3 is 18.9 Å². The van der Waals surface area contributed by atoms with Crippen molar-refractivity contribution in [3.63, 3.8) is 0 Å². The Kier molecular flexibility index (Phi) is 16.8. The first kappa shape index (κ1) is 44.3. The molecule has 0 spiro atoms. The third-order valence-electron chi connectivity index (χ3n) is 5.20. The second-order valence-corrected chi connectivity index (χ2v) is 17.3. The predicted octanol–water partition coefficient (Wildman–Crippen LogP) is 7.11. The van der Waals surface area contributed by atoms with E-state index in [9.17, 15) is 31.2 Å². The van der Waals surface area contributed by atoms with E-state index in [4.69, 9.17) is 14.2 Å². The summed E-state index contributed by atoms with van der Waals surface area (Å²) in [6, 6.07) is 17.6. The molecule has 0 aliphatic heterocycles. The lowest BCUT2D eigenvalue weighted by molar-refractivity contribution is -0.0294. The summed E-state index contributed by atoms with van der Waals surface area (Å²) in [5.41, 5.74) is -0.453. The molecule has 2 aromatic carbocycles.